The molecular weight excluding hydrogens is 236 g/mol. The fourth-order valence-electron chi connectivity index (χ4n) is 2.08. The van der Waals surface area contributed by atoms with Crippen LogP contribution in [0.1, 0.15) is 26.7 Å². The predicted octanol–water partition coefficient (Wildman–Crippen LogP) is 0.965. The van der Waals surface area contributed by atoms with Crippen LogP contribution in [0.4, 0.5) is 0 Å². The van der Waals surface area contributed by atoms with E-state index in [1.807, 2.05) is 0 Å². The summed E-state index contributed by atoms with van der Waals surface area (Å²) < 4.78 is 9.85. The second kappa shape index (κ2) is 5.85. The smallest absolute Gasteiger partial charge is 0.323 e. The molecule has 1 unspecified atom stereocenters. The molecule has 0 amide bonds. The van der Waals surface area contributed by atoms with Gasteiger partial charge in [0.2, 0.25) is 0 Å². The Hall–Kier alpha value is -1.58. The lowest BCUT2D eigenvalue weighted by Crippen LogP contribution is -2.40. The zero-order chi connectivity index (χ0) is 13.8. The maximum absolute atomic E-state index is 12.0. The highest BCUT2D eigenvalue weighted by molar-refractivity contribution is 6.01. The lowest BCUT2D eigenvalue weighted by atomic mass is 9.86. The lowest BCUT2D eigenvalue weighted by molar-refractivity contribution is -0.172. The number of hydrogen-bond acceptors (Lipinski definition) is 5. The van der Waals surface area contributed by atoms with Crippen LogP contribution in [0.25, 0.3) is 0 Å². The fourth-order valence-corrected chi connectivity index (χ4v) is 2.08. The summed E-state index contributed by atoms with van der Waals surface area (Å²) in [6, 6.07) is 0. The first-order chi connectivity index (χ1) is 8.51. The first kappa shape index (κ1) is 14.5. The summed E-state index contributed by atoms with van der Waals surface area (Å²) >= 11 is 0. The molecule has 0 heterocycles. The maximum atomic E-state index is 12.0. The molecule has 18 heavy (non-hydrogen) atoms. The van der Waals surface area contributed by atoms with E-state index < -0.39 is 23.5 Å². The molecule has 0 spiro atoms. The number of aliphatic hydroxyl groups excluding tert-OH is 1. The Balaban J connectivity index is 3.08. The molecule has 0 aromatic rings. The van der Waals surface area contributed by atoms with Crippen molar-refractivity contribution >= 4 is 11.9 Å². The molecule has 100 valence electrons. The van der Waals surface area contributed by atoms with Gasteiger partial charge in [0, 0.05) is 18.4 Å². The van der Waals surface area contributed by atoms with Crippen molar-refractivity contribution in [3.63, 3.8) is 0 Å². The van der Waals surface area contributed by atoms with Crippen molar-refractivity contribution in [1.82, 2.24) is 0 Å². The second-order valence-corrected chi connectivity index (χ2v) is 4.12. The summed E-state index contributed by atoms with van der Waals surface area (Å²) in [6.45, 7) is 7.10. The van der Waals surface area contributed by atoms with Gasteiger partial charge in [-0.05, 0) is 13.8 Å². The van der Waals surface area contributed by atoms with Crippen LogP contribution < -0.4 is 0 Å². The Labute approximate surface area is 106 Å². The first-order valence-electron chi connectivity index (χ1n) is 5.93. The van der Waals surface area contributed by atoms with E-state index in [1.54, 1.807) is 13.8 Å². The van der Waals surface area contributed by atoms with Gasteiger partial charge in [-0.3, -0.25) is 9.59 Å². The van der Waals surface area contributed by atoms with Crippen molar-refractivity contribution < 1.29 is 24.2 Å². The molecular formula is C13H18O5. The van der Waals surface area contributed by atoms with E-state index in [1.165, 1.54) is 0 Å². The zero-order valence-electron chi connectivity index (χ0n) is 10.7. The molecule has 0 aromatic heterocycles. The van der Waals surface area contributed by atoms with Gasteiger partial charge in [-0.25, -0.2) is 0 Å². The van der Waals surface area contributed by atoms with Crippen LogP contribution in [0.3, 0.4) is 0 Å². The highest BCUT2D eigenvalue weighted by atomic mass is 16.6. The quantitative estimate of drug-likeness (QED) is 0.459. The van der Waals surface area contributed by atoms with Crippen molar-refractivity contribution in [3.8, 4) is 0 Å². The summed E-state index contributed by atoms with van der Waals surface area (Å²) in [5, 5.41) is 9.80. The molecule has 1 saturated carbocycles. The molecule has 0 aromatic carbocycles. The van der Waals surface area contributed by atoms with Crippen LogP contribution in [-0.2, 0) is 19.1 Å². The van der Waals surface area contributed by atoms with Crippen LogP contribution in [0, 0.1) is 5.41 Å². The topological polar surface area (TPSA) is 72.8 Å². The van der Waals surface area contributed by atoms with Gasteiger partial charge in [0.05, 0.1) is 19.3 Å². The molecule has 1 rings (SSSR count). The molecule has 5 heteroatoms. The minimum atomic E-state index is -1.45. The Morgan fingerprint density at radius 1 is 1.39 bits per heavy atom. The Morgan fingerprint density at radius 2 is 1.89 bits per heavy atom. The van der Waals surface area contributed by atoms with Gasteiger partial charge in [0.15, 0.2) is 5.41 Å². The molecule has 0 aliphatic heterocycles. The van der Waals surface area contributed by atoms with Gasteiger partial charge in [-0.2, -0.15) is 0 Å². The molecule has 1 aliphatic rings. The number of ether oxygens (including phenoxy) is 2. The van der Waals surface area contributed by atoms with Crippen molar-refractivity contribution in [1.29, 1.82) is 0 Å². The van der Waals surface area contributed by atoms with Crippen LogP contribution in [0.15, 0.2) is 17.9 Å². The number of esters is 2. The Kier molecular flexibility index (Phi) is 4.70. The van der Waals surface area contributed by atoms with Gasteiger partial charge in [-0.1, -0.05) is 6.58 Å². The third kappa shape index (κ3) is 2.47. The van der Waals surface area contributed by atoms with E-state index in [2.05, 4.69) is 12.3 Å². The van der Waals surface area contributed by atoms with Gasteiger partial charge in [0.25, 0.3) is 0 Å². The van der Waals surface area contributed by atoms with Crippen molar-refractivity contribution in [2.45, 2.75) is 32.8 Å². The highest BCUT2D eigenvalue weighted by Gasteiger charge is 2.55. The molecule has 1 atom stereocenters. The van der Waals surface area contributed by atoms with Crippen LogP contribution in [-0.4, -0.2) is 36.4 Å². The predicted molar refractivity (Wildman–Crippen MR) is 63.6 cm³/mol. The summed E-state index contributed by atoms with van der Waals surface area (Å²) in [5.74, 6) is -1.32. The zero-order valence-corrected chi connectivity index (χ0v) is 10.7. The summed E-state index contributed by atoms with van der Waals surface area (Å²) in [6.07, 6.45) is -0.894. The molecule has 0 radical (unpaired) electrons. The minimum Gasteiger partial charge on any atom is -0.465 e. The molecule has 1 N–H and O–H groups in total. The molecule has 0 saturated heterocycles. The van der Waals surface area contributed by atoms with Crippen LogP contribution in [0.5, 0.6) is 0 Å². The van der Waals surface area contributed by atoms with Crippen molar-refractivity contribution in [2.24, 2.45) is 5.41 Å². The van der Waals surface area contributed by atoms with Gasteiger partial charge in [-0.15, -0.1) is 5.73 Å². The van der Waals surface area contributed by atoms with Gasteiger partial charge < -0.3 is 14.6 Å². The Morgan fingerprint density at radius 3 is 2.22 bits per heavy atom. The summed E-state index contributed by atoms with van der Waals surface area (Å²) in [7, 11) is 0. The van der Waals surface area contributed by atoms with E-state index in [9.17, 15) is 14.7 Å². The Bertz CT molecular complexity index is 374. The van der Waals surface area contributed by atoms with E-state index in [-0.39, 0.29) is 26.1 Å². The third-order valence-corrected chi connectivity index (χ3v) is 3.00. The monoisotopic (exact) mass is 254 g/mol. The van der Waals surface area contributed by atoms with Crippen molar-refractivity contribution in [2.75, 3.05) is 13.2 Å². The van der Waals surface area contributed by atoms with E-state index in [0.717, 1.165) is 0 Å². The van der Waals surface area contributed by atoms with E-state index in [0.29, 0.717) is 5.57 Å². The van der Waals surface area contributed by atoms with E-state index in [4.69, 9.17) is 9.47 Å². The summed E-state index contributed by atoms with van der Waals surface area (Å²) in [4.78, 5) is 24.0. The second-order valence-electron chi connectivity index (χ2n) is 4.12. The number of carbonyl (C=O) groups excluding carboxylic acids is 2. The number of hydrogen-bond donors (Lipinski definition) is 1. The average molecular weight is 254 g/mol. The van der Waals surface area contributed by atoms with Gasteiger partial charge >= 0.3 is 11.9 Å². The lowest BCUT2D eigenvalue weighted by Gasteiger charge is -2.23. The van der Waals surface area contributed by atoms with Crippen LogP contribution in [0.2, 0.25) is 0 Å². The number of aliphatic hydroxyl groups is 1. The molecule has 5 nitrogen and oxygen atoms in total. The molecule has 1 fully saturated rings. The SMILES string of the molecule is C=C=C1CC(C(=O)OCC)(C(=O)OCC)CC1O. The third-order valence-electron chi connectivity index (χ3n) is 3.00. The van der Waals surface area contributed by atoms with E-state index >= 15 is 0 Å². The van der Waals surface area contributed by atoms with Gasteiger partial charge in [0.1, 0.15) is 0 Å². The molecule has 0 bridgehead atoms. The average Bonchev–Trinajstić information content (AvgIpc) is 2.68. The minimum absolute atomic E-state index is 0.0392. The standard InChI is InChI=1S/C13H18O5/c1-4-9-7-13(8-10(9)14,11(15)17-5-2)12(16)18-6-3/h10,14H,1,5-8H2,2-3H3. The fraction of sp³-hybridized carbons (Fsp3) is 0.615. The normalized spacial score (nSPS) is 21.3. The maximum Gasteiger partial charge on any atom is 0.323 e. The van der Waals surface area contributed by atoms with Crippen LogP contribution >= 0.6 is 0 Å². The number of carbonyl (C=O) groups is 2. The summed E-state index contributed by atoms with van der Waals surface area (Å²) in [5.41, 5.74) is 1.55. The highest BCUT2D eigenvalue weighted by Crippen LogP contribution is 2.43. The first-order valence-corrected chi connectivity index (χ1v) is 5.93. The largest absolute Gasteiger partial charge is 0.465 e. The molecule has 1 aliphatic carbocycles. The van der Waals surface area contributed by atoms with Crippen molar-refractivity contribution in [3.05, 3.63) is 17.9 Å². The number of rotatable bonds is 4.